The Morgan fingerprint density at radius 3 is 1.22 bits per heavy atom. The molecule has 0 N–H and O–H groups in total. The first-order chi connectivity index (χ1) is 55.7. The van der Waals surface area contributed by atoms with Crippen molar-refractivity contribution in [3.8, 4) is 34.1 Å². The van der Waals surface area contributed by atoms with Gasteiger partial charge >= 0.3 is 0 Å². The van der Waals surface area contributed by atoms with Gasteiger partial charge in [-0.1, -0.05) is 257 Å². The van der Waals surface area contributed by atoms with Crippen LogP contribution in [0, 0.1) is 0 Å². The van der Waals surface area contributed by atoms with Crippen LogP contribution in [0.25, 0.3) is 166 Å². The van der Waals surface area contributed by atoms with Crippen LogP contribution in [-0.2, 0) is 11.8 Å². The maximum absolute atomic E-state index is 6.10. The molecule has 6 heterocycles. The summed E-state index contributed by atoms with van der Waals surface area (Å²) in [6.45, 7) is 9.04. The van der Waals surface area contributed by atoms with Crippen molar-refractivity contribution in [2.75, 3.05) is 0 Å². The fraction of sp³-hybridized carbons (Fsp3) is 0.0667. The van der Waals surface area contributed by atoms with Gasteiger partial charge in [0.05, 0.1) is 83.4 Å². The lowest BCUT2D eigenvalue weighted by molar-refractivity contribution is 0.588. The molecule has 0 aliphatic heterocycles. The van der Waals surface area contributed by atoms with Crippen LogP contribution in [0.15, 0.2) is 373 Å². The molecule has 15 aromatic carbocycles. The number of nitrogens with zero attached hydrogens (tertiary/aromatic N) is 8. The van der Waals surface area contributed by atoms with Crippen molar-refractivity contribution in [3.05, 3.63) is 397 Å². The van der Waals surface area contributed by atoms with E-state index in [2.05, 4.69) is 419 Å². The Labute approximate surface area is 653 Å². The van der Waals surface area contributed by atoms with E-state index in [4.69, 9.17) is 9.98 Å². The zero-order valence-electron chi connectivity index (χ0n) is 63.1. The number of rotatable bonds is 12. The van der Waals surface area contributed by atoms with E-state index in [0.29, 0.717) is 5.84 Å². The number of hydrogen-bond acceptors (Lipinski definition) is 1. The number of fused-ring (bicyclic) bond motifs is 18. The van der Waals surface area contributed by atoms with Crippen molar-refractivity contribution >= 4 is 143 Å². The van der Waals surface area contributed by atoms with Crippen LogP contribution in [0.2, 0.25) is 0 Å². The Hall–Kier alpha value is -14.3. The summed E-state index contributed by atoms with van der Waals surface area (Å²) in [5.41, 5.74) is 28.0. The van der Waals surface area contributed by atoms with E-state index in [-0.39, 0.29) is 5.41 Å². The SMILES string of the molecule is CC/C(C)=C(/N=C(N=C(C)c1ccccc1)c1cccc(-n2c3ccccc3c3ccccc32)c1)c1cc(-n2c3ccccc3c3ccccc32)c(-n2c3ccccc3c3cc(-n4c5ccccc5c5ccc(C6(C)C=Cc7c(c8ccccc8n7-c7ccccc7)C6)cc54)ccc32)c(-n2c3ccccc3c3ccccc32)c1. The lowest BCUT2D eigenvalue weighted by Gasteiger charge is -2.31. The second-order valence-corrected chi connectivity index (χ2v) is 30.6. The molecule has 1 aliphatic rings. The van der Waals surface area contributed by atoms with Crippen LogP contribution in [-0.4, -0.2) is 38.9 Å². The third-order valence-corrected chi connectivity index (χ3v) is 24.2. The van der Waals surface area contributed by atoms with Crippen molar-refractivity contribution in [3.63, 3.8) is 0 Å². The van der Waals surface area contributed by atoms with Gasteiger partial charge in [0.2, 0.25) is 0 Å². The van der Waals surface area contributed by atoms with Crippen LogP contribution >= 0.6 is 0 Å². The van der Waals surface area contributed by atoms with E-state index in [1.54, 1.807) is 0 Å². The van der Waals surface area contributed by atoms with Crippen LogP contribution in [0.3, 0.4) is 0 Å². The Morgan fingerprint density at radius 1 is 0.310 bits per heavy atom. The molecule has 113 heavy (non-hydrogen) atoms. The summed E-state index contributed by atoms with van der Waals surface area (Å²) >= 11 is 0. The van der Waals surface area contributed by atoms with Gasteiger partial charge in [-0.3, -0.25) is 0 Å². The van der Waals surface area contributed by atoms with E-state index in [0.717, 1.165) is 135 Å². The Morgan fingerprint density at radius 2 is 0.708 bits per heavy atom. The number of aromatic nitrogens is 6. The maximum atomic E-state index is 6.10. The van der Waals surface area contributed by atoms with Crippen LogP contribution in [0.5, 0.6) is 0 Å². The monoisotopic (exact) mass is 1450 g/mol. The van der Waals surface area contributed by atoms with Gasteiger partial charge in [-0.2, -0.15) is 0 Å². The average Bonchev–Trinajstić information content (AvgIpc) is 1.59. The third-order valence-electron chi connectivity index (χ3n) is 24.2. The van der Waals surface area contributed by atoms with Crippen molar-refractivity contribution in [1.29, 1.82) is 0 Å². The topological polar surface area (TPSA) is 54.3 Å². The molecule has 1 aliphatic carbocycles. The van der Waals surface area contributed by atoms with Gasteiger partial charge in [0, 0.05) is 104 Å². The van der Waals surface area contributed by atoms with Gasteiger partial charge in [0.25, 0.3) is 0 Å². The summed E-state index contributed by atoms with van der Waals surface area (Å²) in [5.74, 6) is 0.609. The Kier molecular flexibility index (Phi) is 15.1. The van der Waals surface area contributed by atoms with Gasteiger partial charge in [-0.25, -0.2) is 9.98 Å². The molecular formula is C105H76N8. The van der Waals surface area contributed by atoms with Gasteiger partial charge in [-0.15, -0.1) is 0 Å². The third kappa shape index (κ3) is 10.2. The summed E-state index contributed by atoms with van der Waals surface area (Å²) < 4.78 is 15.0. The molecule has 22 rings (SSSR count). The first-order valence-corrected chi connectivity index (χ1v) is 39.3. The number of aliphatic imine (C=N–C) groups is 2. The molecule has 8 nitrogen and oxygen atoms in total. The van der Waals surface area contributed by atoms with Gasteiger partial charge in [0.15, 0.2) is 5.84 Å². The predicted molar refractivity (Wildman–Crippen MR) is 476 cm³/mol. The van der Waals surface area contributed by atoms with Crippen molar-refractivity contribution in [2.45, 2.75) is 46.0 Å². The first-order valence-electron chi connectivity index (χ1n) is 39.3. The molecule has 0 spiro atoms. The van der Waals surface area contributed by atoms with Gasteiger partial charge in [0.1, 0.15) is 0 Å². The van der Waals surface area contributed by atoms with Crippen LogP contribution in [0.4, 0.5) is 0 Å². The quantitative estimate of drug-likeness (QED) is 0.0865. The molecule has 1 atom stereocenters. The van der Waals surface area contributed by atoms with E-state index < -0.39 is 0 Å². The highest BCUT2D eigenvalue weighted by Gasteiger charge is 2.34. The molecule has 6 aromatic heterocycles. The molecule has 1 unspecified atom stereocenters. The van der Waals surface area contributed by atoms with Crippen molar-refractivity contribution < 1.29 is 0 Å². The van der Waals surface area contributed by atoms with Gasteiger partial charge < -0.3 is 27.4 Å². The van der Waals surface area contributed by atoms with E-state index in [1.807, 2.05) is 0 Å². The fourth-order valence-electron chi connectivity index (χ4n) is 18.8. The van der Waals surface area contributed by atoms with Gasteiger partial charge in [-0.05, 0) is 170 Å². The number of amidine groups is 1. The molecule has 21 aromatic rings. The summed E-state index contributed by atoms with van der Waals surface area (Å²) in [6, 6.07) is 130. The second kappa shape index (κ2) is 25.9. The average molecular weight is 1450 g/mol. The minimum Gasteiger partial charge on any atom is -0.310 e. The molecule has 0 fully saturated rings. The normalized spacial score (nSPS) is 14.4. The fourth-order valence-corrected chi connectivity index (χ4v) is 18.8. The molecule has 0 saturated heterocycles. The molecular weight excluding hydrogens is 1370 g/mol. The molecule has 0 saturated carbocycles. The number of allylic oxidation sites excluding steroid dienone is 2. The largest absolute Gasteiger partial charge is 0.310 e. The van der Waals surface area contributed by atoms with E-state index in [9.17, 15) is 0 Å². The number of hydrogen-bond donors (Lipinski definition) is 0. The summed E-state index contributed by atoms with van der Waals surface area (Å²) in [7, 11) is 0. The number of benzene rings is 15. The maximum Gasteiger partial charge on any atom is 0.160 e. The minimum absolute atomic E-state index is 0.305. The van der Waals surface area contributed by atoms with Crippen molar-refractivity contribution in [2.24, 2.45) is 9.98 Å². The lowest BCUT2D eigenvalue weighted by Crippen LogP contribution is -2.25. The lowest BCUT2D eigenvalue weighted by atomic mass is 9.73. The standard InChI is InChI=1S/C105H76N8/c1-5-67(2)102(107-104(106-68(3)69-31-8-6-9-32-69)70-33-30-36-74(61-70)109-88-46-21-12-37-76(88)77-38-13-22-47-89(77)109)71-62-100(111-92-50-25-15-39-78(92)79-40-16-26-51-93(79)111)103(101(63-71)112-94-52-27-17-41-80(94)81-42-18-28-53-95(81)112)113-96-54-29-19-44-83(96)86-65-75(56-58-97(86)113)110-90-48-23-14-43-82(90)85-57-55-72(64-99(85)110)105(4)60-59-98-87(66-105)84-45-20-24-49-91(84)108(98)73-34-10-7-11-35-73/h6-65H,5,66H2,1-4H3/b102-67+,106-68?,107-104?. The predicted octanol–water partition coefficient (Wildman–Crippen LogP) is 26.7. The molecule has 0 amide bonds. The van der Waals surface area contributed by atoms with E-state index in [1.165, 1.54) is 82.0 Å². The molecule has 0 bridgehead atoms. The zero-order chi connectivity index (χ0) is 75.2. The Balaban J connectivity index is 0.803. The smallest absolute Gasteiger partial charge is 0.160 e. The summed E-state index contributed by atoms with van der Waals surface area (Å²) in [5, 5.41) is 13.1. The molecule has 536 valence electrons. The zero-order valence-corrected chi connectivity index (χ0v) is 63.1. The highest BCUT2D eigenvalue weighted by Crippen LogP contribution is 2.48. The molecule has 8 heteroatoms. The second-order valence-electron chi connectivity index (χ2n) is 30.6. The summed E-state index contributed by atoms with van der Waals surface area (Å²) in [4.78, 5) is 11.8. The van der Waals surface area contributed by atoms with E-state index >= 15 is 0 Å². The molecule has 0 radical (unpaired) electrons. The number of para-hydroxylation sites is 10. The van der Waals surface area contributed by atoms with Crippen molar-refractivity contribution in [1.82, 2.24) is 27.4 Å². The highest BCUT2D eigenvalue weighted by atomic mass is 15.1. The highest BCUT2D eigenvalue weighted by molar-refractivity contribution is 6.18. The Bertz CT molecular complexity index is 7370. The van der Waals surface area contributed by atoms with Crippen LogP contribution < -0.4 is 0 Å². The summed E-state index contributed by atoms with van der Waals surface area (Å²) in [6.07, 6.45) is 6.43. The first kappa shape index (κ1) is 65.7. The minimum atomic E-state index is -0.305. The van der Waals surface area contributed by atoms with Crippen LogP contribution in [0.1, 0.15) is 67.6 Å².